The third kappa shape index (κ3) is 3.82. The molecule has 18 heavy (non-hydrogen) atoms. The van der Waals surface area contributed by atoms with Gasteiger partial charge in [0.15, 0.2) is 0 Å². The molecule has 2 N–H and O–H groups in total. The van der Waals surface area contributed by atoms with E-state index in [1.165, 1.54) is 0 Å². The van der Waals surface area contributed by atoms with Gasteiger partial charge in [-0.1, -0.05) is 6.07 Å². The summed E-state index contributed by atoms with van der Waals surface area (Å²) in [5, 5.41) is 0. The average Bonchev–Trinajstić information content (AvgIpc) is 2.38. The zero-order valence-electron chi connectivity index (χ0n) is 10.4. The standard InChI is InChI=1S/C14H17N3O/c1-11(15)8-12-5-6-14(9-17-12)18-10-13-4-2-3-7-16-13/h2-7,9,11H,8,10,15H2,1H3. The highest BCUT2D eigenvalue weighted by atomic mass is 16.5. The average molecular weight is 243 g/mol. The molecule has 0 radical (unpaired) electrons. The van der Waals surface area contributed by atoms with Crippen molar-refractivity contribution in [2.24, 2.45) is 5.73 Å². The summed E-state index contributed by atoms with van der Waals surface area (Å²) in [6, 6.07) is 9.73. The summed E-state index contributed by atoms with van der Waals surface area (Å²) >= 11 is 0. The van der Waals surface area contributed by atoms with Crippen LogP contribution in [0.1, 0.15) is 18.3 Å². The van der Waals surface area contributed by atoms with E-state index in [1.54, 1.807) is 12.4 Å². The van der Waals surface area contributed by atoms with Crippen LogP contribution < -0.4 is 10.5 Å². The maximum atomic E-state index is 5.72. The lowest BCUT2D eigenvalue weighted by Gasteiger charge is -2.07. The molecule has 2 aromatic rings. The van der Waals surface area contributed by atoms with Gasteiger partial charge >= 0.3 is 0 Å². The molecule has 0 spiro atoms. The fourth-order valence-corrected chi connectivity index (χ4v) is 1.59. The molecule has 2 aromatic heterocycles. The molecule has 0 fully saturated rings. The summed E-state index contributed by atoms with van der Waals surface area (Å²) in [6.07, 6.45) is 4.25. The van der Waals surface area contributed by atoms with Gasteiger partial charge in [0, 0.05) is 24.4 Å². The second kappa shape index (κ2) is 6.12. The van der Waals surface area contributed by atoms with E-state index < -0.39 is 0 Å². The Kier molecular flexibility index (Phi) is 4.25. The van der Waals surface area contributed by atoms with Crippen LogP contribution >= 0.6 is 0 Å². The molecule has 0 saturated carbocycles. The smallest absolute Gasteiger partial charge is 0.138 e. The lowest BCUT2D eigenvalue weighted by atomic mass is 10.2. The minimum atomic E-state index is 0.123. The van der Waals surface area contributed by atoms with Gasteiger partial charge in [0.05, 0.1) is 11.9 Å². The van der Waals surface area contributed by atoms with Crippen LogP contribution in [0, 0.1) is 0 Å². The third-order valence-electron chi connectivity index (χ3n) is 2.44. The minimum Gasteiger partial charge on any atom is -0.486 e. The summed E-state index contributed by atoms with van der Waals surface area (Å²) < 4.78 is 5.60. The van der Waals surface area contributed by atoms with Crippen LogP contribution in [0.5, 0.6) is 5.75 Å². The molecule has 0 aromatic carbocycles. The van der Waals surface area contributed by atoms with E-state index >= 15 is 0 Å². The van der Waals surface area contributed by atoms with Crippen LogP contribution in [0.3, 0.4) is 0 Å². The lowest BCUT2D eigenvalue weighted by molar-refractivity contribution is 0.300. The van der Waals surface area contributed by atoms with E-state index in [1.807, 2.05) is 37.3 Å². The number of nitrogens with zero attached hydrogens (tertiary/aromatic N) is 2. The summed E-state index contributed by atoms with van der Waals surface area (Å²) in [5.41, 5.74) is 7.60. The van der Waals surface area contributed by atoms with Gasteiger partial charge < -0.3 is 10.5 Å². The first kappa shape index (κ1) is 12.5. The molecule has 2 rings (SSSR count). The molecule has 1 atom stereocenters. The van der Waals surface area contributed by atoms with E-state index in [9.17, 15) is 0 Å². The number of hydrogen-bond donors (Lipinski definition) is 1. The Labute approximate surface area is 107 Å². The fraction of sp³-hybridized carbons (Fsp3) is 0.286. The first-order valence-corrected chi connectivity index (χ1v) is 5.97. The van der Waals surface area contributed by atoms with Crippen LogP contribution in [0.15, 0.2) is 42.7 Å². The van der Waals surface area contributed by atoms with Crippen molar-refractivity contribution in [3.63, 3.8) is 0 Å². The van der Waals surface area contributed by atoms with Gasteiger partial charge in [-0.2, -0.15) is 0 Å². The van der Waals surface area contributed by atoms with Gasteiger partial charge in [0.2, 0.25) is 0 Å². The molecular weight excluding hydrogens is 226 g/mol. The molecule has 0 bridgehead atoms. The van der Waals surface area contributed by atoms with Crippen molar-refractivity contribution in [2.45, 2.75) is 26.0 Å². The van der Waals surface area contributed by atoms with Crippen molar-refractivity contribution >= 4 is 0 Å². The van der Waals surface area contributed by atoms with E-state index in [0.717, 1.165) is 23.6 Å². The van der Waals surface area contributed by atoms with E-state index in [2.05, 4.69) is 9.97 Å². The fourth-order valence-electron chi connectivity index (χ4n) is 1.59. The van der Waals surface area contributed by atoms with Crippen molar-refractivity contribution in [1.82, 2.24) is 9.97 Å². The highest BCUT2D eigenvalue weighted by molar-refractivity contribution is 5.20. The number of aromatic nitrogens is 2. The predicted octanol–water partition coefficient (Wildman–Crippen LogP) is 1.95. The highest BCUT2D eigenvalue weighted by Gasteiger charge is 2.01. The number of hydrogen-bond acceptors (Lipinski definition) is 4. The molecule has 0 aliphatic carbocycles. The van der Waals surface area contributed by atoms with Gasteiger partial charge in [-0.25, -0.2) is 0 Å². The second-order valence-electron chi connectivity index (χ2n) is 4.28. The first-order chi connectivity index (χ1) is 8.74. The van der Waals surface area contributed by atoms with Crippen LogP contribution in [-0.2, 0) is 13.0 Å². The van der Waals surface area contributed by atoms with Crippen molar-refractivity contribution < 1.29 is 4.74 Å². The first-order valence-electron chi connectivity index (χ1n) is 5.97. The molecular formula is C14H17N3O. The Balaban J connectivity index is 1.90. The Morgan fingerprint density at radius 2 is 2.06 bits per heavy atom. The molecule has 0 saturated heterocycles. The molecule has 4 nitrogen and oxygen atoms in total. The van der Waals surface area contributed by atoms with Crippen molar-refractivity contribution in [2.75, 3.05) is 0 Å². The van der Waals surface area contributed by atoms with E-state index in [-0.39, 0.29) is 6.04 Å². The summed E-state index contributed by atoms with van der Waals surface area (Å²) in [7, 11) is 0. The van der Waals surface area contributed by atoms with Crippen LogP contribution in [0.2, 0.25) is 0 Å². The zero-order chi connectivity index (χ0) is 12.8. The van der Waals surface area contributed by atoms with Gasteiger partial charge in [0.25, 0.3) is 0 Å². The summed E-state index contributed by atoms with van der Waals surface area (Å²) in [6.45, 7) is 2.42. The van der Waals surface area contributed by atoms with Crippen LogP contribution in [0.25, 0.3) is 0 Å². The molecule has 0 aliphatic rings. The quantitative estimate of drug-likeness (QED) is 0.871. The largest absolute Gasteiger partial charge is 0.486 e. The van der Waals surface area contributed by atoms with Gasteiger partial charge in [-0.05, 0) is 31.2 Å². The molecule has 0 amide bonds. The SMILES string of the molecule is CC(N)Cc1ccc(OCc2ccccn2)cn1. The topological polar surface area (TPSA) is 61.0 Å². The molecule has 0 aliphatic heterocycles. The normalized spacial score (nSPS) is 12.1. The second-order valence-corrected chi connectivity index (χ2v) is 4.28. The maximum absolute atomic E-state index is 5.72. The van der Waals surface area contributed by atoms with E-state index in [0.29, 0.717) is 6.61 Å². The Morgan fingerprint density at radius 1 is 1.17 bits per heavy atom. The van der Waals surface area contributed by atoms with Crippen LogP contribution in [0.4, 0.5) is 0 Å². The monoisotopic (exact) mass is 243 g/mol. The lowest BCUT2D eigenvalue weighted by Crippen LogP contribution is -2.18. The van der Waals surface area contributed by atoms with Crippen molar-refractivity contribution in [1.29, 1.82) is 0 Å². The summed E-state index contributed by atoms with van der Waals surface area (Å²) in [5.74, 6) is 0.745. The highest BCUT2D eigenvalue weighted by Crippen LogP contribution is 2.11. The number of pyridine rings is 2. The zero-order valence-corrected chi connectivity index (χ0v) is 10.4. The van der Waals surface area contributed by atoms with Gasteiger partial charge in [0.1, 0.15) is 12.4 Å². The third-order valence-corrected chi connectivity index (χ3v) is 2.44. The maximum Gasteiger partial charge on any atom is 0.138 e. The molecule has 1 unspecified atom stereocenters. The Bertz CT molecular complexity index is 468. The number of nitrogens with two attached hydrogens (primary N) is 1. The van der Waals surface area contributed by atoms with Crippen molar-refractivity contribution in [3.8, 4) is 5.75 Å². The molecule has 4 heteroatoms. The Hall–Kier alpha value is -1.94. The van der Waals surface area contributed by atoms with Crippen LogP contribution in [-0.4, -0.2) is 16.0 Å². The van der Waals surface area contributed by atoms with E-state index in [4.69, 9.17) is 10.5 Å². The minimum absolute atomic E-state index is 0.123. The van der Waals surface area contributed by atoms with Gasteiger partial charge in [-0.3, -0.25) is 9.97 Å². The number of ether oxygens (including phenoxy) is 1. The molecule has 94 valence electrons. The van der Waals surface area contributed by atoms with Crippen molar-refractivity contribution in [3.05, 3.63) is 54.1 Å². The molecule has 2 heterocycles. The van der Waals surface area contributed by atoms with Gasteiger partial charge in [-0.15, -0.1) is 0 Å². The number of rotatable bonds is 5. The predicted molar refractivity (Wildman–Crippen MR) is 70.2 cm³/mol. The summed E-state index contributed by atoms with van der Waals surface area (Å²) in [4.78, 5) is 8.49. The Morgan fingerprint density at radius 3 is 2.67 bits per heavy atom.